The molecule has 2 aromatic carbocycles. The summed E-state index contributed by atoms with van der Waals surface area (Å²) in [5, 5.41) is 1.29. The minimum absolute atomic E-state index is 0.0767. The summed E-state index contributed by atoms with van der Waals surface area (Å²) in [7, 11) is 0. The maximum atomic E-state index is 13.4. The summed E-state index contributed by atoms with van der Waals surface area (Å²) < 4.78 is 32.0. The fourth-order valence-corrected chi connectivity index (χ4v) is 3.38. The van der Waals surface area contributed by atoms with Crippen molar-refractivity contribution in [2.45, 2.75) is 0 Å². The molecule has 2 amide bonds. The lowest BCUT2D eigenvalue weighted by atomic mass is 10.1. The molecule has 0 N–H and O–H groups in total. The van der Waals surface area contributed by atoms with Gasteiger partial charge in [-0.1, -0.05) is 11.6 Å². The molecule has 0 spiro atoms. The topological polar surface area (TPSA) is 53.8 Å². The summed E-state index contributed by atoms with van der Waals surface area (Å²) in [6, 6.07) is 9.80. The van der Waals surface area contributed by atoms with Gasteiger partial charge in [0.1, 0.15) is 5.58 Å². The molecule has 0 saturated carbocycles. The Morgan fingerprint density at radius 1 is 0.857 bits per heavy atom. The van der Waals surface area contributed by atoms with Gasteiger partial charge >= 0.3 is 0 Å². The van der Waals surface area contributed by atoms with Crippen LogP contribution in [0.2, 0.25) is 5.02 Å². The molecule has 1 fully saturated rings. The van der Waals surface area contributed by atoms with Crippen molar-refractivity contribution in [1.29, 1.82) is 0 Å². The van der Waals surface area contributed by atoms with E-state index in [1.807, 2.05) is 0 Å². The van der Waals surface area contributed by atoms with E-state index in [9.17, 15) is 18.4 Å². The minimum atomic E-state index is -1.07. The Balaban J connectivity index is 1.43. The molecular weight excluding hydrogens is 390 g/mol. The highest BCUT2D eigenvalue weighted by Gasteiger charge is 2.27. The zero-order valence-corrected chi connectivity index (χ0v) is 15.4. The van der Waals surface area contributed by atoms with Crippen LogP contribution in [-0.2, 0) is 0 Å². The van der Waals surface area contributed by atoms with Crippen LogP contribution >= 0.6 is 11.6 Å². The first kappa shape index (κ1) is 18.4. The SMILES string of the molecule is O=C(c1ccc(F)c(F)c1)N1CCN(C(=O)c2cc3cc(Cl)ccc3o2)CC1. The van der Waals surface area contributed by atoms with E-state index in [-0.39, 0.29) is 30.3 Å². The van der Waals surface area contributed by atoms with Crippen LogP contribution in [0.15, 0.2) is 46.9 Å². The summed E-state index contributed by atoms with van der Waals surface area (Å²) in [6.07, 6.45) is 0. The van der Waals surface area contributed by atoms with Crippen molar-refractivity contribution in [3.63, 3.8) is 0 Å². The van der Waals surface area contributed by atoms with E-state index in [0.717, 1.165) is 17.5 Å². The number of fused-ring (bicyclic) bond motifs is 1. The first-order valence-electron chi connectivity index (χ1n) is 8.65. The van der Waals surface area contributed by atoms with Gasteiger partial charge in [-0.25, -0.2) is 8.78 Å². The fourth-order valence-electron chi connectivity index (χ4n) is 3.20. The molecule has 1 aromatic heterocycles. The smallest absolute Gasteiger partial charge is 0.289 e. The van der Waals surface area contributed by atoms with E-state index >= 15 is 0 Å². The molecule has 4 rings (SSSR count). The Hall–Kier alpha value is -2.93. The molecule has 1 aliphatic rings. The van der Waals surface area contributed by atoms with Crippen LogP contribution in [0.25, 0.3) is 11.0 Å². The average Bonchev–Trinajstić information content (AvgIpc) is 3.12. The summed E-state index contributed by atoms with van der Waals surface area (Å²) in [4.78, 5) is 28.2. The van der Waals surface area contributed by atoms with Crippen molar-refractivity contribution in [2.24, 2.45) is 0 Å². The molecule has 5 nitrogen and oxygen atoms in total. The Morgan fingerprint density at radius 2 is 1.54 bits per heavy atom. The van der Waals surface area contributed by atoms with Gasteiger partial charge in [0.05, 0.1) is 0 Å². The Bertz CT molecular complexity index is 1070. The molecule has 28 heavy (non-hydrogen) atoms. The lowest BCUT2D eigenvalue weighted by molar-refractivity contribution is 0.0519. The Labute approximate surface area is 164 Å². The first-order chi connectivity index (χ1) is 13.4. The fraction of sp³-hybridized carbons (Fsp3) is 0.200. The maximum Gasteiger partial charge on any atom is 0.289 e. The number of nitrogens with zero attached hydrogens (tertiary/aromatic N) is 2. The third kappa shape index (κ3) is 3.45. The molecule has 2 heterocycles. The number of amides is 2. The van der Waals surface area contributed by atoms with E-state index in [2.05, 4.69) is 0 Å². The Kier molecular flexibility index (Phi) is 4.77. The highest BCUT2D eigenvalue weighted by atomic mass is 35.5. The van der Waals surface area contributed by atoms with Gasteiger partial charge in [0.25, 0.3) is 11.8 Å². The van der Waals surface area contributed by atoms with Crippen LogP contribution < -0.4 is 0 Å². The molecule has 8 heteroatoms. The monoisotopic (exact) mass is 404 g/mol. The van der Waals surface area contributed by atoms with Gasteiger partial charge in [-0.05, 0) is 42.5 Å². The van der Waals surface area contributed by atoms with E-state index in [4.69, 9.17) is 16.0 Å². The number of carbonyl (C=O) groups excluding carboxylic acids is 2. The van der Waals surface area contributed by atoms with E-state index in [0.29, 0.717) is 23.7 Å². The second kappa shape index (κ2) is 7.24. The number of piperazine rings is 1. The third-order valence-electron chi connectivity index (χ3n) is 4.71. The quantitative estimate of drug-likeness (QED) is 0.649. The van der Waals surface area contributed by atoms with E-state index in [1.165, 1.54) is 11.0 Å². The van der Waals surface area contributed by atoms with Crippen molar-refractivity contribution in [3.05, 3.63) is 70.4 Å². The number of furan rings is 1. The third-order valence-corrected chi connectivity index (χ3v) is 4.94. The molecular formula is C20H15ClF2N2O3. The molecule has 0 atom stereocenters. The highest BCUT2D eigenvalue weighted by Crippen LogP contribution is 2.24. The molecule has 144 valence electrons. The van der Waals surface area contributed by atoms with Crippen LogP contribution in [0.3, 0.4) is 0 Å². The number of halogens is 3. The standard InChI is InChI=1S/C20H15ClF2N2O3/c21-14-2-4-17-13(9-14)11-18(28-17)20(27)25-7-5-24(6-8-25)19(26)12-1-3-15(22)16(23)10-12/h1-4,9-11H,5-8H2. The first-order valence-corrected chi connectivity index (χ1v) is 9.03. The lowest BCUT2D eigenvalue weighted by Crippen LogP contribution is -2.50. The van der Waals surface area contributed by atoms with Gasteiger partial charge < -0.3 is 14.2 Å². The number of rotatable bonds is 2. The van der Waals surface area contributed by atoms with E-state index in [1.54, 1.807) is 29.2 Å². The zero-order chi connectivity index (χ0) is 19.8. The van der Waals surface area contributed by atoms with Crippen LogP contribution in [0.5, 0.6) is 0 Å². The normalized spacial score (nSPS) is 14.5. The Morgan fingerprint density at radius 3 is 2.21 bits per heavy atom. The van der Waals surface area contributed by atoms with Gasteiger partial charge in [0.2, 0.25) is 0 Å². The van der Waals surface area contributed by atoms with Crippen LogP contribution in [0.1, 0.15) is 20.9 Å². The second-order valence-electron chi connectivity index (χ2n) is 6.51. The predicted octanol–water partition coefficient (Wildman–Crippen LogP) is 3.96. The molecule has 3 aromatic rings. The van der Waals surface area contributed by atoms with Crippen molar-refractivity contribution < 1.29 is 22.8 Å². The van der Waals surface area contributed by atoms with Crippen LogP contribution in [0, 0.1) is 11.6 Å². The summed E-state index contributed by atoms with van der Waals surface area (Å²) >= 11 is 5.95. The number of benzene rings is 2. The number of carbonyl (C=O) groups is 2. The maximum absolute atomic E-state index is 13.4. The molecule has 0 aliphatic carbocycles. The zero-order valence-electron chi connectivity index (χ0n) is 14.6. The number of hydrogen-bond donors (Lipinski definition) is 0. The summed E-state index contributed by atoms with van der Waals surface area (Å²) in [5.74, 6) is -2.53. The van der Waals surface area contributed by atoms with Gasteiger partial charge in [0, 0.05) is 42.2 Å². The van der Waals surface area contributed by atoms with Gasteiger partial charge in [-0.2, -0.15) is 0 Å². The van der Waals surface area contributed by atoms with Crippen molar-refractivity contribution in [2.75, 3.05) is 26.2 Å². The molecule has 0 bridgehead atoms. The second-order valence-corrected chi connectivity index (χ2v) is 6.94. The van der Waals surface area contributed by atoms with Crippen molar-refractivity contribution in [1.82, 2.24) is 9.80 Å². The molecule has 1 aliphatic heterocycles. The van der Waals surface area contributed by atoms with Crippen LogP contribution in [-0.4, -0.2) is 47.8 Å². The molecule has 1 saturated heterocycles. The van der Waals surface area contributed by atoms with Gasteiger partial charge in [0.15, 0.2) is 17.4 Å². The van der Waals surface area contributed by atoms with Gasteiger partial charge in [-0.3, -0.25) is 9.59 Å². The highest BCUT2D eigenvalue weighted by molar-refractivity contribution is 6.31. The van der Waals surface area contributed by atoms with E-state index < -0.39 is 17.5 Å². The lowest BCUT2D eigenvalue weighted by Gasteiger charge is -2.34. The molecule has 0 radical (unpaired) electrons. The van der Waals surface area contributed by atoms with Crippen LogP contribution in [0.4, 0.5) is 8.78 Å². The van der Waals surface area contributed by atoms with Gasteiger partial charge in [-0.15, -0.1) is 0 Å². The van der Waals surface area contributed by atoms with Crippen molar-refractivity contribution in [3.8, 4) is 0 Å². The minimum Gasteiger partial charge on any atom is -0.451 e. The summed E-state index contributed by atoms with van der Waals surface area (Å²) in [6.45, 7) is 1.20. The average molecular weight is 405 g/mol. The predicted molar refractivity (Wildman–Crippen MR) is 99.4 cm³/mol. The molecule has 0 unspecified atom stereocenters. The van der Waals surface area contributed by atoms with Crippen molar-refractivity contribution >= 4 is 34.4 Å². The number of hydrogen-bond acceptors (Lipinski definition) is 3. The summed E-state index contributed by atoms with van der Waals surface area (Å²) in [5.41, 5.74) is 0.646. The largest absolute Gasteiger partial charge is 0.451 e.